The molecule has 0 spiro atoms. The van der Waals surface area contributed by atoms with E-state index in [9.17, 15) is 14.4 Å². The van der Waals surface area contributed by atoms with E-state index in [1.165, 1.54) is 18.3 Å². The Hall–Kier alpha value is -5.11. The summed E-state index contributed by atoms with van der Waals surface area (Å²) in [7, 11) is 1.84. The number of nitriles is 1. The van der Waals surface area contributed by atoms with Crippen LogP contribution in [0.4, 0.5) is 10.2 Å². The minimum Gasteiger partial charge on any atom is -0.353 e. The van der Waals surface area contributed by atoms with Crippen LogP contribution >= 0.6 is 0 Å². The Morgan fingerprint density at radius 2 is 1.78 bits per heavy atom. The third-order valence-corrected chi connectivity index (χ3v) is 7.52. The van der Waals surface area contributed by atoms with Crippen LogP contribution in [0.3, 0.4) is 0 Å². The average Bonchev–Trinajstić information content (AvgIpc) is 3.63. The van der Waals surface area contributed by atoms with Gasteiger partial charge in [-0.2, -0.15) is 15.5 Å². The third kappa shape index (κ3) is 5.24. The van der Waals surface area contributed by atoms with Gasteiger partial charge in [0.15, 0.2) is 0 Å². The fraction of sp³-hybridized carbons (Fsp3) is 0.267. The van der Waals surface area contributed by atoms with E-state index in [-0.39, 0.29) is 17.6 Å². The number of hydrogen-bond donors (Lipinski definition) is 0. The molecule has 1 saturated heterocycles. The Morgan fingerprint density at radius 1 is 1.00 bits per heavy atom. The number of benzene rings is 1. The number of carbonyl (C=O) groups excluding carboxylic acids is 1. The van der Waals surface area contributed by atoms with Gasteiger partial charge in [-0.05, 0) is 35.7 Å². The molecule has 1 aliphatic heterocycles. The van der Waals surface area contributed by atoms with Crippen LogP contribution in [0.25, 0.3) is 28.0 Å². The summed E-state index contributed by atoms with van der Waals surface area (Å²) in [6, 6.07) is 12.4. The van der Waals surface area contributed by atoms with Gasteiger partial charge < -0.3 is 9.80 Å². The molecule has 1 aromatic carbocycles. The highest BCUT2D eigenvalue weighted by molar-refractivity contribution is 5.83. The van der Waals surface area contributed by atoms with Crippen molar-refractivity contribution in [2.75, 3.05) is 31.1 Å². The van der Waals surface area contributed by atoms with E-state index in [4.69, 9.17) is 9.97 Å². The zero-order valence-corrected chi connectivity index (χ0v) is 22.8. The normalized spacial score (nSPS) is 14.3. The zero-order chi connectivity index (χ0) is 28.5. The largest absolute Gasteiger partial charge is 0.353 e. The van der Waals surface area contributed by atoms with Crippen molar-refractivity contribution in [3.63, 3.8) is 0 Å². The second-order valence-corrected chi connectivity index (χ2v) is 10.3. The molecule has 206 valence electrons. The summed E-state index contributed by atoms with van der Waals surface area (Å²) in [6.45, 7) is 4.54. The van der Waals surface area contributed by atoms with Gasteiger partial charge in [0, 0.05) is 63.2 Å². The summed E-state index contributed by atoms with van der Waals surface area (Å²) in [5.74, 6) is 0.655. The van der Waals surface area contributed by atoms with E-state index in [0.29, 0.717) is 55.1 Å². The number of nitrogens with zero attached hydrogens (tertiary/aromatic N) is 9. The summed E-state index contributed by atoms with van der Waals surface area (Å²) < 4.78 is 16.6. The predicted octanol–water partition coefficient (Wildman–Crippen LogP) is 4.04. The zero-order valence-electron chi connectivity index (χ0n) is 22.8. The number of hydrogen-bond acceptors (Lipinski definition) is 7. The summed E-state index contributed by atoms with van der Waals surface area (Å²) in [4.78, 5) is 26.6. The monoisotopic (exact) mass is 549 g/mol. The van der Waals surface area contributed by atoms with Crippen LogP contribution in [-0.4, -0.2) is 66.3 Å². The van der Waals surface area contributed by atoms with Crippen molar-refractivity contribution in [3.8, 4) is 28.6 Å². The van der Waals surface area contributed by atoms with Gasteiger partial charge in [-0.3, -0.25) is 9.48 Å². The number of pyridine rings is 1. The van der Waals surface area contributed by atoms with Gasteiger partial charge in [-0.15, -0.1) is 0 Å². The predicted molar refractivity (Wildman–Crippen MR) is 151 cm³/mol. The summed E-state index contributed by atoms with van der Waals surface area (Å²) in [5.41, 5.74) is 4.93. The third-order valence-electron chi connectivity index (χ3n) is 7.52. The number of anilines is 1. The molecule has 0 saturated carbocycles. The molecule has 6 rings (SSSR count). The van der Waals surface area contributed by atoms with Crippen LogP contribution < -0.4 is 4.90 Å². The minimum atomic E-state index is -0.276. The van der Waals surface area contributed by atoms with Crippen LogP contribution in [0.15, 0.2) is 67.4 Å². The molecule has 0 aliphatic carbocycles. The van der Waals surface area contributed by atoms with Crippen molar-refractivity contribution in [1.82, 2.24) is 34.3 Å². The van der Waals surface area contributed by atoms with Gasteiger partial charge in [0.2, 0.25) is 5.91 Å². The van der Waals surface area contributed by atoms with Crippen LogP contribution in [0.2, 0.25) is 0 Å². The number of aromatic nitrogens is 6. The van der Waals surface area contributed by atoms with Crippen molar-refractivity contribution < 1.29 is 9.18 Å². The molecule has 10 nitrogen and oxygen atoms in total. The molecule has 1 fully saturated rings. The molecule has 0 N–H and O–H groups in total. The molecule has 5 heterocycles. The van der Waals surface area contributed by atoms with E-state index in [0.717, 1.165) is 22.5 Å². The van der Waals surface area contributed by atoms with Gasteiger partial charge in [0.25, 0.3) is 0 Å². The van der Waals surface area contributed by atoms with Crippen LogP contribution in [0, 0.1) is 17.1 Å². The molecular formula is C30H28FN9O. The van der Waals surface area contributed by atoms with Gasteiger partial charge in [0.1, 0.15) is 28.8 Å². The first kappa shape index (κ1) is 26.1. The van der Waals surface area contributed by atoms with Crippen molar-refractivity contribution in [1.29, 1.82) is 5.26 Å². The number of amides is 1. The molecule has 0 radical (unpaired) electrons. The van der Waals surface area contributed by atoms with Gasteiger partial charge >= 0.3 is 0 Å². The fourth-order valence-electron chi connectivity index (χ4n) is 5.19. The average molecular weight is 550 g/mol. The molecular weight excluding hydrogens is 521 g/mol. The first-order chi connectivity index (χ1) is 19.9. The SMILES string of the molecule is C[C@@H](CC(=O)N1CCN(c2ccc(-c3nc(-c4cnn(C)c4)cn4ncc(C#N)c34)cn2)CC1)c1ccc(F)cc1. The van der Waals surface area contributed by atoms with E-state index in [2.05, 4.69) is 21.2 Å². The Labute approximate surface area is 236 Å². The maximum atomic E-state index is 13.2. The van der Waals surface area contributed by atoms with Crippen molar-refractivity contribution >= 4 is 17.2 Å². The van der Waals surface area contributed by atoms with E-state index < -0.39 is 0 Å². The number of rotatable bonds is 6. The molecule has 1 aliphatic rings. The van der Waals surface area contributed by atoms with E-state index in [1.54, 1.807) is 39.9 Å². The lowest BCUT2D eigenvalue weighted by atomic mass is 9.97. The van der Waals surface area contributed by atoms with E-state index >= 15 is 0 Å². The van der Waals surface area contributed by atoms with Crippen LogP contribution in [0.1, 0.15) is 30.4 Å². The van der Waals surface area contributed by atoms with Crippen molar-refractivity contribution in [2.24, 2.45) is 7.05 Å². The first-order valence-electron chi connectivity index (χ1n) is 13.4. The highest BCUT2D eigenvalue weighted by atomic mass is 19.1. The lowest BCUT2D eigenvalue weighted by Gasteiger charge is -2.36. The molecule has 4 aromatic heterocycles. The standard InChI is InChI=1S/C30H28FN9O/c1-20(21-3-6-25(31)7-4-21)13-28(41)39-11-9-38(10-12-39)27-8-5-22(15-33-27)29-30-23(14-32)16-35-40(30)19-26(36-29)24-17-34-37(2)18-24/h3-8,15-20H,9-13H2,1-2H3/t20-/m0/s1. The lowest BCUT2D eigenvalue weighted by Crippen LogP contribution is -2.49. The summed E-state index contributed by atoms with van der Waals surface area (Å²) >= 11 is 0. The van der Waals surface area contributed by atoms with Crippen LogP contribution in [-0.2, 0) is 11.8 Å². The first-order valence-corrected chi connectivity index (χ1v) is 13.4. The Balaban J connectivity index is 1.16. The molecule has 41 heavy (non-hydrogen) atoms. The highest BCUT2D eigenvalue weighted by Crippen LogP contribution is 2.29. The quantitative estimate of drug-likeness (QED) is 0.315. The second kappa shape index (κ2) is 10.8. The Bertz CT molecular complexity index is 1740. The number of halogens is 1. The molecule has 5 aromatic rings. The topological polar surface area (TPSA) is 108 Å². The summed E-state index contributed by atoms with van der Waals surface area (Å²) in [5, 5.41) is 18.3. The molecule has 0 bridgehead atoms. The summed E-state index contributed by atoms with van der Waals surface area (Å²) in [6.07, 6.45) is 9.10. The molecule has 11 heteroatoms. The number of piperazine rings is 1. The maximum absolute atomic E-state index is 13.2. The van der Waals surface area contributed by atoms with Gasteiger partial charge in [-0.25, -0.2) is 18.9 Å². The van der Waals surface area contributed by atoms with Crippen molar-refractivity contribution in [2.45, 2.75) is 19.3 Å². The fourth-order valence-corrected chi connectivity index (χ4v) is 5.19. The Kier molecular flexibility index (Phi) is 6.89. The maximum Gasteiger partial charge on any atom is 0.223 e. The number of carbonyl (C=O) groups is 1. The number of fused-ring (bicyclic) bond motifs is 1. The molecule has 1 amide bonds. The van der Waals surface area contributed by atoms with Crippen LogP contribution in [0.5, 0.6) is 0 Å². The highest BCUT2D eigenvalue weighted by Gasteiger charge is 2.24. The molecule has 1 atom stereocenters. The van der Waals surface area contributed by atoms with Gasteiger partial charge in [0.05, 0.1) is 30.0 Å². The Morgan fingerprint density at radius 3 is 2.44 bits per heavy atom. The van der Waals surface area contributed by atoms with E-state index in [1.807, 2.05) is 37.2 Å². The van der Waals surface area contributed by atoms with Crippen molar-refractivity contribution in [3.05, 3.63) is 84.3 Å². The number of aryl methyl sites for hydroxylation is 1. The smallest absolute Gasteiger partial charge is 0.223 e. The molecule has 0 unspecified atom stereocenters. The second-order valence-electron chi connectivity index (χ2n) is 10.3. The minimum absolute atomic E-state index is 0.0180. The lowest BCUT2D eigenvalue weighted by molar-refractivity contribution is -0.131. The van der Waals surface area contributed by atoms with Gasteiger partial charge in [-0.1, -0.05) is 19.1 Å².